The molecule has 4 nitrogen and oxygen atoms in total. The van der Waals surface area contributed by atoms with E-state index in [1.807, 2.05) is 12.1 Å². The average Bonchev–Trinajstić information content (AvgIpc) is 2.84. The van der Waals surface area contributed by atoms with Crippen LogP contribution in [0.5, 0.6) is 11.5 Å². The molecule has 0 aromatic heterocycles. The summed E-state index contributed by atoms with van der Waals surface area (Å²) in [6.07, 6.45) is 0.975. The van der Waals surface area contributed by atoms with Crippen LogP contribution in [0.25, 0.3) is 0 Å². The second kappa shape index (κ2) is 8.86. The molecule has 1 saturated heterocycles. The van der Waals surface area contributed by atoms with Gasteiger partial charge >= 0.3 is 0 Å². The first kappa shape index (κ1) is 21.4. The first-order valence-corrected chi connectivity index (χ1v) is 11.6. The summed E-state index contributed by atoms with van der Waals surface area (Å²) in [5.41, 5.74) is 5.09. The van der Waals surface area contributed by atoms with Crippen LogP contribution >= 0.6 is 23.2 Å². The predicted molar refractivity (Wildman–Crippen MR) is 131 cm³/mol. The number of nitrogens with zero attached hydrogens (tertiary/aromatic N) is 2. The molecule has 0 saturated carbocycles. The number of anilines is 1. The molecule has 166 valence electrons. The fourth-order valence-corrected chi connectivity index (χ4v) is 5.42. The number of benzene rings is 3. The van der Waals surface area contributed by atoms with Gasteiger partial charge in [0.2, 0.25) is 0 Å². The number of hydrogen-bond acceptors (Lipinski definition) is 4. The summed E-state index contributed by atoms with van der Waals surface area (Å²) in [4.78, 5) is 4.97. The number of halogens is 2. The van der Waals surface area contributed by atoms with E-state index >= 15 is 0 Å². The topological polar surface area (TPSA) is 24.9 Å². The van der Waals surface area contributed by atoms with E-state index in [4.69, 9.17) is 32.7 Å². The third-order valence-corrected chi connectivity index (χ3v) is 7.41. The largest absolute Gasteiger partial charge is 0.493 e. The van der Waals surface area contributed by atoms with Crippen molar-refractivity contribution in [3.8, 4) is 11.5 Å². The van der Waals surface area contributed by atoms with Crippen molar-refractivity contribution >= 4 is 28.9 Å². The molecule has 0 amide bonds. The van der Waals surface area contributed by atoms with Crippen LogP contribution in [0.2, 0.25) is 10.0 Å². The van der Waals surface area contributed by atoms with E-state index in [1.165, 1.54) is 16.7 Å². The Kier molecular flexibility index (Phi) is 5.93. The highest BCUT2D eigenvalue weighted by Gasteiger charge is 2.40. The van der Waals surface area contributed by atoms with Crippen molar-refractivity contribution in [3.63, 3.8) is 0 Å². The fraction of sp³-hybridized carbons (Fsp3) is 0.308. The second-order valence-corrected chi connectivity index (χ2v) is 9.21. The van der Waals surface area contributed by atoms with Gasteiger partial charge < -0.3 is 14.4 Å². The molecule has 2 heterocycles. The fourth-order valence-electron chi connectivity index (χ4n) is 5.13. The number of methoxy groups -OCH3 is 2. The lowest BCUT2D eigenvalue weighted by molar-refractivity contribution is 0.128. The standard InChI is InChI=1S/C26H26Cl2N2O2/c1-31-24-12-18-10-11-29-16-30(19-8-9-22(27)23(28)13-19)15-21(17-6-4-3-5-7-17)26(29)20(18)14-25(24)32-2/h3-9,12-14,21,26H,10-11,15-16H2,1-2H3/t21-,26+/m1/s1. The van der Waals surface area contributed by atoms with Gasteiger partial charge in [-0.05, 0) is 53.4 Å². The molecule has 0 aliphatic carbocycles. The first-order valence-electron chi connectivity index (χ1n) is 10.8. The van der Waals surface area contributed by atoms with Crippen molar-refractivity contribution in [2.24, 2.45) is 0 Å². The van der Waals surface area contributed by atoms with Crippen molar-refractivity contribution in [2.45, 2.75) is 18.4 Å². The zero-order chi connectivity index (χ0) is 22.2. The lowest BCUT2D eigenvalue weighted by Gasteiger charge is -2.50. The van der Waals surface area contributed by atoms with Gasteiger partial charge in [0.05, 0.1) is 30.9 Å². The van der Waals surface area contributed by atoms with E-state index in [0.29, 0.717) is 10.0 Å². The summed E-state index contributed by atoms with van der Waals surface area (Å²) in [5.74, 6) is 1.87. The minimum Gasteiger partial charge on any atom is -0.493 e. The highest BCUT2D eigenvalue weighted by Crippen LogP contribution is 2.47. The van der Waals surface area contributed by atoms with Crippen molar-refractivity contribution in [3.05, 3.63) is 87.4 Å². The lowest BCUT2D eigenvalue weighted by Crippen LogP contribution is -2.53. The molecule has 0 N–H and O–H groups in total. The Morgan fingerprint density at radius 2 is 1.62 bits per heavy atom. The van der Waals surface area contributed by atoms with Gasteiger partial charge in [-0.2, -0.15) is 0 Å². The smallest absolute Gasteiger partial charge is 0.161 e. The number of fused-ring (bicyclic) bond motifs is 3. The molecule has 3 aromatic carbocycles. The summed E-state index contributed by atoms with van der Waals surface area (Å²) in [6, 6.07) is 21.3. The Morgan fingerprint density at radius 3 is 2.34 bits per heavy atom. The van der Waals surface area contributed by atoms with Crippen LogP contribution in [0, 0.1) is 0 Å². The molecule has 0 spiro atoms. The van der Waals surface area contributed by atoms with E-state index in [-0.39, 0.29) is 12.0 Å². The normalized spacial score (nSPS) is 20.4. The van der Waals surface area contributed by atoms with E-state index in [9.17, 15) is 0 Å². The van der Waals surface area contributed by atoms with Crippen LogP contribution < -0.4 is 14.4 Å². The minimum atomic E-state index is 0.264. The summed E-state index contributed by atoms with van der Waals surface area (Å²) in [5, 5.41) is 1.17. The monoisotopic (exact) mass is 468 g/mol. The zero-order valence-corrected chi connectivity index (χ0v) is 19.7. The summed E-state index contributed by atoms with van der Waals surface area (Å²) >= 11 is 12.5. The first-order chi connectivity index (χ1) is 15.6. The van der Waals surface area contributed by atoms with Gasteiger partial charge in [-0.15, -0.1) is 0 Å². The van der Waals surface area contributed by atoms with Crippen LogP contribution in [0.15, 0.2) is 60.7 Å². The van der Waals surface area contributed by atoms with E-state index in [0.717, 1.165) is 43.4 Å². The molecule has 0 radical (unpaired) electrons. The SMILES string of the molecule is COc1cc2c(cc1OC)[C@H]1[C@@H](c3ccccc3)CN(c3ccc(Cl)c(Cl)c3)CN1CC2. The number of ether oxygens (including phenoxy) is 2. The molecule has 0 unspecified atom stereocenters. The van der Waals surface area contributed by atoms with Gasteiger partial charge in [0.15, 0.2) is 11.5 Å². The van der Waals surface area contributed by atoms with Gasteiger partial charge in [0.1, 0.15) is 0 Å². The summed E-state index contributed by atoms with van der Waals surface area (Å²) in [6.45, 7) is 2.70. The molecule has 2 aliphatic heterocycles. The van der Waals surface area contributed by atoms with Crippen LogP contribution in [0.4, 0.5) is 5.69 Å². The van der Waals surface area contributed by atoms with Crippen LogP contribution in [-0.2, 0) is 6.42 Å². The van der Waals surface area contributed by atoms with Crippen LogP contribution in [0.3, 0.4) is 0 Å². The average molecular weight is 469 g/mol. The molecular weight excluding hydrogens is 443 g/mol. The van der Waals surface area contributed by atoms with E-state index in [2.05, 4.69) is 58.3 Å². The molecular formula is C26H26Cl2N2O2. The van der Waals surface area contributed by atoms with Gasteiger partial charge in [-0.3, -0.25) is 4.90 Å². The number of hydrogen-bond donors (Lipinski definition) is 0. The molecule has 6 heteroatoms. The maximum atomic E-state index is 6.35. The predicted octanol–water partition coefficient (Wildman–Crippen LogP) is 6.17. The third-order valence-electron chi connectivity index (χ3n) is 6.67. The van der Waals surface area contributed by atoms with Crippen LogP contribution in [-0.4, -0.2) is 38.9 Å². The number of rotatable bonds is 4. The molecule has 1 fully saturated rings. The zero-order valence-electron chi connectivity index (χ0n) is 18.2. The van der Waals surface area contributed by atoms with Gasteiger partial charge in [-0.1, -0.05) is 53.5 Å². The lowest BCUT2D eigenvalue weighted by atomic mass is 9.79. The highest BCUT2D eigenvalue weighted by molar-refractivity contribution is 6.42. The Balaban J connectivity index is 1.59. The Hall–Kier alpha value is -2.40. The van der Waals surface area contributed by atoms with Crippen molar-refractivity contribution in [1.29, 1.82) is 0 Å². The molecule has 5 rings (SSSR count). The summed E-state index contributed by atoms with van der Waals surface area (Å²) in [7, 11) is 3.40. The van der Waals surface area contributed by atoms with Crippen molar-refractivity contribution < 1.29 is 9.47 Å². The summed E-state index contributed by atoms with van der Waals surface area (Å²) < 4.78 is 11.2. The maximum Gasteiger partial charge on any atom is 0.161 e. The van der Waals surface area contributed by atoms with Gasteiger partial charge in [0.25, 0.3) is 0 Å². The molecule has 32 heavy (non-hydrogen) atoms. The molecule has 2 atom stereocenters. The minimum absolute atomic E-state index is 0.264. The van der Waals surface area contributed by atoms with Gasteiger partial charge in [0, 0.05) is 30.7 Å². The Labute approximate surface area is 199 Å². The Bertz CT molecular complexity index is 1120. The van der Waals surface area contributed by atoms with Crippen molar-refractivity contribution in [2.75, 3.05) is 38.9 Å². The second-order valence-electron chi connectivity index (χ2n) is 8.39. The van der Waals surface area contributed by atoms with E-state index < -0.39 is 0 Å². The van der Waals surface area contributed by atoms with Crippen LogP contribution in [0.1, 0.15) is 28.7 Å². The van der Waals surface area contributed by atoms with E-state index in [1.54, 1.807) is 14.2 Å². The third kappa shape index (κ3) is 3.81. The molecule has 0 bridgehead atoms. The van der Waals surface area contributed by atoms with Crippen molar-refractivity contribution in [1.82, 2.24) is 4.90 Å². The highest BCUT2D eigenvalue weighted by atomic mass is 35.5. The van der Waals surface area contributed by atoms with Gasteiger partial charge in [-0.25, -0.2) is 0 Å². The maximum absolute atomic E-state index is 6.35. The molecule has 3 aromatic rings. The Morgan fingerprint density at radius 1 is 0.875 bits per heavy atom. The quantitative estimate of drug-likeness (QED) is 0.456. The molecule has 2 aliphatic rings.